The first-order chi connectivity index (χ1) is 13.1. The van der Waals surface area contributed by atoms with Gasteiger partial charge in [0.15, 0.2) is 11.4 Å². The molecule has 5 nitrogen and oxygen atoms in total. The van der Waals surface area contributed by atoms with Crippen LogP contribution in [0.1, 0.15) is 13.8 Å². The monoisotopic (exact) mass is 379 g/mol. The van der Waals surface area contributed by atoms with Crippen LogP contribution < -0.4 is 14.9 Å². The number of para-hydroxylation sites is 1. The van der Waals surface area contributed by atoms with Crippen LogP contribution in [0.4, 0.5) is 11.4 Å². The van der Waals surface area contributed by atoms with E-state index >= 15 is 0 Å². The lowest BCUT2D eigenvalue weighted by atomic mass is 10.1. The second-order valence-electron chi connectivity index (χ2n) is 6.90. The first-order valence-corrected chi connectivity index (χ1v) is 9.83. The van der Waals surface area contributed by atoms with E-state index in [0.717, 1.165) is 28.3 Å². The van der Waals surface area contributed by atoms with Gasteiger partial charge in [0.25, 0.3) is 5.91 Å². The highest BCUT2D eigenvalue weighted by Gasteiger charge is 2.18. The summed E-state index contributed by atoms with van der Waals surface area (Å²) in [6.45, 7) is 5.33. The molecule has 0 fully saturated rings. The Morgan fingerprint density at radius 3 is 2.81 bits per heavy atom. The molecule has 1 aliphatic rings. The molecule has 27 heavy (non-hydrogen) atoms. The molecule has 1 amide bonds. The minimum Gasteiger partial charge on any atom is -0.482 e. The molecule has 0 spiro atoms. The zero-order chi connectivity index (χ0) is 18.8. The zero-order valence-corrected chi connectivity index (χ0v) is 16.1. The number of fused-ring (bicyclic) bond motifs is 1. The van der Waals surface area contributed by atoms with E-state index in [1.54, 1.807) is 11.3 Å². The van der Waals surface area contributed by atoms with Crippen LogP contribution in [0.5, 0.6) is 5.75 Å². The molecule has 0 bridgehead atoms. The predicted octanol–water partition coefficient (Wildman–Crippen LogP) is 4.44. The van der Waals surface area contributed by atoms with Crippen LogP contribution in [0.3, 0.4) is 0 Å². The van der Waals surface area contributed by atoms with Gasteiger partial charge < -0.3 is 14.6 Å². The Labute approximate surface area is 162 Å². The van der Waals surface area contributed by atoms with Crippen LogP contribution in [-0.2, 0) is 11.3 Å². The maximum absolute atomic E-state index is 11.6. The number of carbonyl (C=O) groups is 1. The molecule has 1 N–H and O–H groups in total. The van der Waals surface area contributed by atoms with E-state index in [2.05, 4.69) is 29.1 Å². The SMILES string of the molecule is CC(C)Cn1c(-c2ccc3c(c2)NC(=O)CO3)csc1=Nc1ccccc1. The van der Waals surface area contributed by atoms with E-state index in [-0.39, 0.29) is 12.5 Å². The fourth-order valence-corrected chi connectivity index (χ4v) is 3.98. The molecule has 0 aliphatic carbocycles. The molecule has 0 radical (unpaired) electrons. The van der Waals surface area contributed by atoms with Gasteiger partial charge >= 0.3 is 0 Å². The number of carbonyl (C=O) groups excluding carboxylic acids is 1. The van der Waals surface area contributed by atoms with E-state index in [1.165, 1.54) is 0 Å². The van der Waals surface area contributed by atoms with Crippen LogP contribution in [0, 0.1) is 5.92 Å². The third kappa shape index (κ3) is 3.80. The summed E-state index contributed by atoms with van der Waals surface area (Å²) in [7, 11) is 0. The average Bonchev–Trinajstić information content (AvgIpc) is 3.03. The third-order valence-electron chi connectivity index (χ3n) is 4.23. The van der Waals surface area contributed by atoms with Crippen LogP contribution >= 0.6 is 11.3 Å². The second-order valence-corrected chi connectivity index (χ2v) is 7.74. The number of hydrogen-bond acceptors (Lipinski definition) is 4. The summed E-state index contributed by atoms with van der Waals surface area (Å²) in [6.07, 6.45) is 0. The van der Waals surface area contributed by atoms with Gasteiger partial charge in [-0.2, -0.15) is 0 Å². The van der Waals surface area contributed by atoms with Gasteiger partial charge in [0.05, 0.1) is 17.1 Å². The van der Waals surface area contributed by atoms with Crippen molar-refractivity contribution >= 4 is 28.6 Å². The lowest BCUT2D eigenvalue weighted by Gasteiger charge is -2.19. The second kappa shape index (κ2) is 7.40. The van der Waals surface area contributed by atoms with E-state index in [9.17, 15) is 4.79 Å². The number of thiazole rings is 1. The van der Waals surface area contributed by atoms with E-state index in [0.29, 0.717) is 17.4 Å². The minimum atomic E-state index is -0.125. The normalized spacial score (nSPS) is 14.0. The Balaban J connectivity index is 1.80. The summed E-state index contributed by atoms with van der Waals surface area (Å²) in [4.78, 5) is 17.4. The maximum atomic E-state index is 11.6. The fraction of sp³-hybridized carbons (Fsp3) is 0.238. The van der Waals surface area contributed by atoms with E-state index in [4.69, 9.17) is 9.73 Å². The Morgan fingerprint density at radius 1 is 1.22 bits per heavy atom. The van der Waals surface area contributed by atoms with Gasteiger partial charge in [-0.15, -0.1) is 11.3 Å². The number of anilines is 1. The number of ether oxygens (including phenoxy) is 1. The van der Waals surface area contributed by atoms with Gasteiger partial charge in [-0.25, -0.2) is 4.99 Å². The molecular formula is C21H21N3O2S. The summed E-state index contributed by atoms with van der Waals surface area (Å²) in [5.41, 5.74) is 3.78. The number of aromatic nitrogens is 1. The van der Waals surface area contributed by atoms with Crippen molar-refractivity contribution in [2.45, 2.75) is 20.4 Å². The van der Waals surface area contributed by atoms with Gasteiger partial charge in [0, 0.05) is 17.5 Å². The van der Waals surface area contributed by atoms with Crippen molar-refractivity contribution < 1.29 is 9.53 Å². The van der Waals surface area contributed by atoms with Gasteiger partial charge in [-0.1, -0.05) is 32.0 Å². The predicted molar refractivity (Wildman–Crippen MR) is 108 cm³/mol. The average molecular weight is 379 g/mol. The van der Waals surface area contributed by atoms with Crippen LogP contribution in [-0.4, -0.2) is 17.1 Å². The number of nitrogens with one attached hydrogen (secondary N) is 1. The first kappa shape index (κ1) is 17.5. The van der Waals surface area contributed by atoms with Crippen molar-refractivity contribution in [2.75, 3.05) is 11.9 Å². The molecule has 3 aromatic rings. The highest BCUT2D eigenvalue weighted by molar-refractivity contribution is 7.07. The Morgan fingerprint density at radius 2 is 2.04 bits per heavy atom. The molecule has 6 heteroatoms. The first-order valence-electron chi connectivity index (χ1n) is 8.95. The molecule has 0 atom stereocenters. The Hall–Kier alpha value is -2.86. The molecule has 2 aromatic carbocycles. The molecule has 0 saturated carbocycles. The number of amides is 1. The summed E-state index contributed by atoms with van der Waals surface area (Å²) in [5.74, 6) is 1.06. The summed E-state index contributed by atoms with van der Waals surface area (Å²) < 4.78 is 7.72. The van der Waals surface area contributed by atoms with E-state index < -0.39 is 0 Å². The standard InChI is InChI=1S/C21H21N3O2S/c1-14(2)11-24-18(13-27-21(24)22-16-6-4-3-5-7-16)15-8-9-19-17(10-15)23-20(25)12-26-19/h3-10,13-14H,11-12H2,1-2H3,(H,23,25). The van der Waals surface area contributed by atoms with Crippen molar-refractivity contribution in [3.05, 3.63) is 58.7 Å². The van der Waals surface area contributed by atoms with Crippen molar-refractivity contribution in [2.24, 2.45) is 10.9 Å². The number of hydrogen-bond donors (Lipinski definition) is 1. The fourth-order valence-electron chi connectivity index (χ4n) is 3.05. The van der Waals surface area contributed by atoms with Gasteiger partial charge in [-0.3, -0.25) is 4.79 Å². The van der Waals surface area contributed by atoms with Crippen molar-refractivity contribution in [1.82, 2.24) is 4.57 Å². The van der Waals surface area contributed by atoms with Crippen LogP contribution in [0.15, 0.2) is 58.9 Å². The lowest BCUT2D eigenvalue weighted by Crippen LogP contribution is -2.25. The lowest BCUT2D eigenvalue weighted by molar-refractivity contribution is -0.118. The highest BCUT2D eigenvalue weighted by atomic mass is 32.1. The van der Waals surface area contributed by atoms with Gasteiger partial charge in [-0.05, 0) is 36.2 Å². The Bertz CT molecular complexity index is 1040. The smallest absolute Gasteiger partial charge is 0.262 e. The van der Waals surface area contributed by atoms with Gasteiger partial charge in [0.1, 0.15) is 5.75 Å². The highest BCUT2D eigenvalue weighted by Crippen LogP contribution is 2.33. The number of nitrogens with zero attached hydrogens (tertiary/aromatic N) is 2. The quantitative estimate of drug-likeness (QED) is 0.729. The molecule has 138 valence electrons. The van der Waals surface area contributed by atoms with Gasteiger partial charge in [0.2, 0.25) is 0 Å². The van der Waals surface area contributed by atoms with Crippen molar-refractivity contribution in [1.29, 1.82) is 0 Å². The number of rotatable bonds is 4. The summed E-state index contributed by atoms with van der Waals surface area (Å²) >= 11 is 1.62. The molecular weight excluding hydrogens is 358 g/mol. The topological polar surface area (TPSA) is 55.6 Å². The molecule has 2 heterocycles. The largest absolute Gasteiger partial charge is 0.482 e. The zero-order valence-electron chi connectivity index (χ0n) is 15.3. The summed E-state index contributed by atoms with van der Waals surface area (Å²) in [6, 6.07) is 15.9. The van der Waals surface area contributed by atoms with Crippen molar-refractivity contribution in [3.63, 3.8) is 0 Å². The van der Waals surface area contributed by atoms with Crippen LogP contribution in [0.2, 0.25) is 0 Å². The molecule has 1 aliphatic heterocycles. The van der Waals surface area contributed by atoms with E-state index in [1.807, 2.05) is 48.5 Å². The maximum Gasteiger partial charge on any atom is 0.262 e. The third-order valence-corrected chi connectivity index (χ3v) is 5.10. The molecule has 0 saturated heterocycles. The number of benzene rings is 2. The Kier molecular flexibility index (Phi) is 4.81. The molecule has 4 rings (SSSR count). The summed E-state index contributed by atoms with van der Waals surface area (Å²) in [5, 5.41) is 5.01. The molecule has 0 unspecified atom stereocenters. The molecule has 1 aromatic heterocycles. The minimum absolute atomic E-state index is 0.0677. The van der Waals surface area contributed by atoms with Crippen molar-refractivity contribution in [3.8, 4) is 17.0 Å². The van der Waals surface area contributed by atoms with Crippen LogP contribution in [0.25, 0.3) is 11.3 Å².